The maximum Gasteiger partial charge on any atom is 0.305 e. The van der Waals surface area contributed by atoms with Gasteiger partial charge in [-0.1, -0.05) is 13.0 Å². The quantitative estimate of drug-likeness (QED) is 0.717. The third-order valence-corrected chi connectivity index (χ3v) is 5.52. The van der Waals surface area contributed by atoms with E-state index < -0.39 is 22.0 Å². The fourth-order valence-electron chi connectivity index (χ4n) is 1.55. The molecule has 108 valence electrons. The highest BCUT2D eigenvalue weighted by atomic mass is 35.5. The molecule has 0 bridgehead atoms. The van der Waals surface area contributed by atoms with Crippen LogP contribution in [-0.4, -0.2) is 31.1 Å². The van der Waals surface area contributed by atoms with E-state index >= 15 is 0 Å². The van der Waals surface area contributed by atoms with Gasteiger partial charge in [-0.05, 0) is 17.4 Å². The Bertz CT molecular complexity index is 501. The zero-order valence-electron chi connectivity index (χ0n) is 10.4. The molecule has 0 saturated heterocycles. The van der Waals surface area contributed by atoms with Crippen molar-refractivity contribution >= 4 is 38.9 Å². The number of thiophene rings is 1. The van der Waals surface area contributed by atoms with Crippen LogP contribution < -0.4 is 4.72 Å². The summed E-state index contributed by atoms with van der Waals surface area (Å²) in [6, 6.07) is 2.74. The number of nitrogens with one attached hydrogen (secondary N) is 1. The monoisotopic (exact) mass is 325 g/mol. The Morgan fingerprint density at radius 2 is 2.26 bits per heavy atom. The summed E-state index contributed by atoms with van der Waals surface area (Å²) < 4.78 is 26.3. The predicted octanol–water partition coefficient (Wildman–Crippen LogP) is 2.06. The molecule has 1 rings (SSSR count). The van der Waals surface area contributed by atoms with Gasteiger partial charge in [0.05, 0.1) is 18.2 Å². The highest BCUT2D eigenvalue weighted by molar-refractivity contribution is 7.89. The summed E-state index contributed by atoms with van der Waals surface area (Å²) in [5.74, 6) is -1.11. The first-order chi connectivity index (χ1) is 8.84. The first kappa shape index (κ1) is 16.4. The van der Waals surface area contributed by atoms with Gasteiger partial charge in [-0.15, -0.1) is 22.9 Å². The molecule has 0 aliphatic carbocycles. The number of carboxylic acids is 1. The van der Waals surface area contributed by atoms with E-state index in [-0.39, 0.29) is 24.0 Å². The van der Waals surface area contributed by atoms with E-state index in [0.717, 1.165) is 0 Å². The lowest BCUT2D eigenvalue weighted by Gasteiger charge is -2.17. The number of carboxylic acid groups (broad SMARTS) is 1. The van der Waals surface area contributed by atoms with Gasteiger partial charge in [-0.3, -0.25) is 4.79 Å². The number of rotatable bonds is 8. The van der Waals surface area contributed by atoms with E-state index in [1.807, 2.05) is 0 Å². The number of sulfonamides is 1. The second-order valence-corrected chi connectivity index (χ2v) is 7.41. The molecular formula is C11H16ClNO4S2. The number of hydrogen-bond donors (Lipinski definition) is 2. The topological polar surface area (TPSA) is 83.5 Å². The van der Waals surface area contributed by atoms with Crippen LogP contribution in [0, 0.1) is 5.92 Å². The average Bonchev–Trinajstić information content (AvgIpc) is 2.79. The van der Waals surface area contributed by atoms with Crippen molar-refractivity contribution in [1.82, 2.24) is 4.72 Å². The zero-order chi connectivity index (χ0) is 14.5. The summed E-state index contributed by atoms with van der Waals surface area (Å²) >= 11 is 6.92. The van der Waals surface area contributed by atoms with Crippen LogP contribution in [0.4, 0.5) is 0 Å². The van der Waals surface area contributed by atoms with E-state index in [9.17, 15) is 13.2 Å². The Morgan fingerprint density at radius 3 is 2.74 bits per heavy atom. The molecule has 0 saturated carbocycles. The van der Waals surface area contributed by atoms with Crippen molar-refractivity contribution in [3.63, 3.8) is 0 Å². The standard InChI is InChI=1S/C11H16ClNO4S2/c1-8(6-12)7-19(16,17)13-9(5-11(14)15)10-3-2-4-18-10/h2-4,8-9,13H,5-7H2,1H3,(H,14,15). The van der Waals surface area contributed by atoms with Crippen LogP contribution in [0.3, 0.4) is 0 Å². The van der Waals surface area contributed by atoms with Gasteiger partial charge in [0.2, 0.25) is 10.0 Å². The molecule has 2 unspecified atom stereocenters. The molecule has 0 aliphatic heterocycles. The predicted molar refractivity (Wildman–Crippen MR) is 76.1 cm³/mol. The Morgan fingerprint density at radius 1 is 1.58 bits per heavy atom. The van der Waals surface area contributed by atoms with E-state index in [0.29, 0.717) is 4.88 Å². The molecule has 5 nitrogen and oxygen atoms in total. The molecule has 0 amide bonds. The molecule has 0 radical (unpaired) electrons. The van der Waals surface area contributed by atoms with Gasteiger partial charge in [0.15, 0.2) is 0 Å². The molecular weight excluding hydrogens is 310 g/mol. The van der Waals surface area contributed by atoms with Crippen molar-refractivity contribution < 1.29 is 18.3 Å². The molecule has 1 aromatic heterocycles. The van der Waals surface area contributed by atoms with Gasteiger partial charge in [-0.2, -0.15) is 0 Å². The summed E-state index contributed by atoms with van der Waals surface area (Å²) in [5.41, 5.74) is 0. The van der Waals surface area contributed by atoms with Gasteiger partial charge < -0.3 is 5.11 Å². The minimum atomic E-state index is -3.55. The molecule has 2 N–H and O–H groups in total. The first-order valence-corrected chi connectivity index (χ1v) is 8.72. The first-order valence-electron chi connectivity index (χ1n) is 5.65. The smallest absolute Gasteiger partial charge is 0.305 e. The van der Waals surface area contributed by atoms with Crippen LogP contribution in [0.25, 0.3) is 0 Å². The molecule has 1 aromatic rings. The summed E-state index contributed by atoms with van der Waals surface area (Å²) in [6.45, 7) is 1.73. The van der Waals surface area contributed by atoms with E-state index in [1.54, 1.807) is 24.4 Å². The summed E-state index contributed by atoms with van der Waals surface area (Å²) in [4.78, 5) is 11.5. The van der Waals surface area contributed by atoms with Gasteiger partial charge >= 0.3 is 5.97 Å². The molecule has 19 heavy (non-hydrogen) atoms. The lowest BCUT2D eigenvalue weighted by atomic mass is 10.2. The normalized spacial score (nSPS) is 15.1. The maximum absolute atomic E-state index is 11.9. The Kier molecular flexibility index (Phi) is 6.25. The summed E-state index contributed by atoms with van der Waals surface area (Å²) in [6.07, 6.45) is -0.283. The number of hydrogen-bond acceptors (Lipinski definition) is 4. The van der Waals surface area contributed by atoms with Crippen LogP contribution in [0.2, 0.25) is 0 Å². The highest BCUT2D eigenvalue weighted by Crippen LogP contribution is 2.23. The fraction of sp³-hybridized carbons (Fsp3) is 0.545. The number of aliphatic carboxylic acids is 1. The van der Waals surface area contributed by atoms with Crippen LogP contribution in [0.1, 0.15) is 24.3 Å². The van der Waals surface area contributed by atoms with Crippen LogP contribution in [0.5, 0.6) is 0 Å². The molecule has 8 heteroatoms. The number of carbonyl (C=O) groups is 1. The van der Waals surface area contributed by atoms with Crippen molar-refractivity contribution in [1.29, 1.82) is 0 Å². The second kappa shape index (κ2) is 7.23. The summed E-state index contributed by atoms with van der Waals surface area (Å²) in [7, 11) is -3.55. The van der Waals surface area contributed by atoms with Crippen molar-refractivity contribution in [3.8, 4) is 0 Å². The van der Waals surface area contributed by atoms with Crippen LogP contribution in [0.15, 0.2) is 17.5 Å². The molecule has 0 aromatic carbocycles. The van der Waals surface area contributed by atoms with Gasteiger partial charge in [0, 0.05) is 10.8 Å². The van der Waals surface area contributed by atoms with Gasteiger partial charge in [-0.25, -0.2) is 13.1 Å². The van der Waals surface area contributed by atoms with Gasteiger partial charge in [0.25, 0.3) is 0 Å². The number of alkyl halides is 1. The third kappa shape index (κ3) is 5.90. The van der Waals surface area contributed by atoms with Crippen molar-refractivity contribution in [3.05, 3.63) is 22.4 Å². The van der Waals surface area contributed by atoms with Crippen molar-refractivity contribution in [2.45, 2.75) is 19.4 Å². The molecule has 0 aliphatic rings. The minimum absolute atomic E-state index is 0.113. The molecule has 0 spiro atoms. The molecule has 0 fully saturated rings. The van der Waals surface area contributed by atoms with E-state index in [4.69, 9.17) is 16.7 Å². The third-order valence-electron chi connectivity index (χ3n) is 2.35. The van der Waals surface area contributed by atoms with Crippen LogP contribution >= 0.6 is 22.9 Å². The fourth-order valence-corrected chi connectivity index (χ4v) is 4.25. The Hall–Kier alpha value is -0.630. The van der Waals surface area contributed by atoms with Crippen LogP contribution in [-0.2, 0) is 14.8 Å². The average molecular weight is 326 g/mol. The zero-order valence-corrected chi connectivity index (χ0v) is 12.8. The van der Waals surface area contributed by atoms with Gasteiger partial charge in [0.1, 0.15) is 0 Å². The highest BCUT2D eigenvalue weighted by Gasteiger charge is 2.24. The lowest BCUT2D eigenvalue weighted by Crippen LogP contribution is -2.33. The minimum Gasteiger partial charge on any atom is -0.481 e. The molecule has 1 heterocycles. The van der Waals surface area contributed by atoms with Crippen molar-refractivity contribution in [2.75, 3.05) is 11.6 Å². The Balaban J connectivity index is 2.80. The Labute approximate surface area is 121 Å². The maximum atomic E-state index is 11.9. The second-order valence-electron chi connectivity index (χ2n) is 4.32. The van der Waals surface area contributed by atoms with Crippen molar-refractivity contribution in [2.24, 2.45) is 5.92 Å². The largest absolute Gasteiger partial charge is 0.481 e. The lowest BCUT2D eigenvalue weighted by molar-refractivity contribution is -0.137. The van der Waals surface area contributed by atoms with E-state index in [2.05, 4.69) is 4.72 Å². The SMILES string of the molecule is CC(CCl)CS(=O)(=O)NC(CC(=O)O)c1cccs1. The number of halogens is 1. The summed E-state index contributed by atoms with van der Waals surface area (Å²) in [5, 5.41) is 10.6. The molecule has 2 atom stereocenters. The van der Waals surface area contributed by atoms with E-state index in [1.165, 1.54) is 11.3 Å².